The maximum absolute atomic E-state index is 10.7. The number of nitrogens with two attached hydrogens (primary N) is 1. The van der Waals surface area contributed by atoms with Crippen LogP contribution in [0.2, 0.25) is 0 Å². The van der Waals surface area contributed by atoms with Crippen LogP contribution < -0.4 is 5.73 Å². The molecule has 0 aliphatic carbocycles. The Morgan fingerprint density at radius 2 is 1.74 bits per heavy atom. The van der Waals surface area contributed by atoms with Gasteiger partial charge in [0, 0.05) is 11.6 Å². The third kappa shape index (κ3) is 5.70. The Kier molecular flexibility index (Phi) is 6.24. The van der Waals surface area contributed by atoms with Crippen LogP contribution in [0.5, 0.6) is 0 Å². The summed E-state index contributed by atoms with van der Waals surface area (Å²) < 4.78 is 5.72. The van der Waals surface area contributed by atoms with Crippen LogP contribution in [-0.2, 0) is 29.3 Å². The van der Waals surface area contributed by atoms with Gasteiger partial charge in [-0.15, -0.1) is 10.2 Å². The highest BCUT2D eigenvalue weighted by Crippen LogP contribution is 2.15. The van der Waals surface area contributed by atoms with Crippen LogP contribution in [0.4, 0.5) is 0 Å². The predicted molar refractivity (Wildman–Crippen MR) is 98.4 cm³/mol. The quantitative estimate of drug-likeness (QED) is 0.593. The minimum Gasteiger partial charge on any atom is -0.481 e. The van der Waals surface area contributed by atoms with Crippen LogP contribution in [0, 0.1) is 0 Å². The third-order valence-corrected chi connectivity index (χ3v) is 3.88. The van der Waals surface area contributed by atoms with E-state index in [9.17, 15) is 4.79 Å². The van der Waals surface area contributed by atoms with E-state index in [-0.39, 0.29) is 13.0 Å². The van der Waals surface area contributed by atoms with Crippen molar-refractivity contribution in [2.45, 2.75) is 32.2 Å². The molecule has 3 N–H and O–H groups in total. The summed E-state index contributed by atoms with van der Waals surface area (Å²) in [6, 6.07) is 17.2. The largest absolute Gasteiger partial charge is 0.481 e. The molecule has 8 heteroatoms. The lowest BCUT2D eigenvalue weighted by Crippen LogP contribution is -2.30. The van der Waals surface area contributed by atoms with E-state index in [1.165, 1.54) is 4.80 Å². The molecule has 0 aliphatic heterocycles. The van der Waals surface area contributed by atoms with Crippen molar-refractivity contribution in [1.82, 2.24) is 20.2 Å². The molecule has 140 valence electrons. The first-order valence-electron chi connectivity index (χ1n) is 8.56. The first-order chi connectivity index (χ1) is 13.1. The number of aromatic nitrogens is 4. The van der Waals surface area contributed by atoms with Crippen molar-refractivity contribution in [3.05, 3.63) is 65.7 Å². The number of nitrogens with zero attached hydrogens (tertiary/aromatic N) is 4. The van der Waals surface area contributed by atoms with E-state index in [0.29, 0.717) is 19.0 Å². The summed E-state index contributed by atoms with van der Waals surface area (Å²) in [6.45, 7) is 1.28. The van der Waals surface area contributed by atoms with Crippen molar-refractivity contribution in [3.8, 4) is 11.4 Å². The van der Waals surface area contributed by atoms with Gasteiger partial charge in [0.25, 0.3) is 0 Å². The van der Waals surface area contributed by atoms with Crippen LogP contribution in [0.1, 0.15) is 17.5 Å². The number of carboxylic acid groups (broad SMARTS) is 1. The second kappa shape index (κ2) is 9.02. The van der Waals surface area contributed by atoms with Crippen LogP contribution in [0.3, 0.4) is 0 Å². The van der Waals surface area contributed by atoms with Crippen molar-refractivity contribution >= 4 is 5.97 Å². The molecule has 0 amide bonds. The zero-order valence-corrected chi connectivity index (χ0v) is 14.7. The normalized spacial score (nSPS) is 12.0. The molecule has 2 aromatic carbocycles. The molecular formula is C19H21N5O3. The van der Waals surface area contributed by atoms with Gasteiger partial charge in [0.15, 0.2) is 0 Å². The van der Waals surface area contributed by atoms with Crippen molar-refractivity contribution in [2.24, 2.45) is 5.73 Å². The first-order valence-corrected chi connectivity index (χ1v) is 8.56. The van der Waals surface area contributed by atoms with Gasteiger partial charge in [-0.3, -0.25) is 4.79 Å². The van der Waals surface area contributed by atoms with Gasteiger partial charge < -0.3 is 15.6 Å². The fourth-order valence-electron chi connectivity index (χ4n) is 2.55. The number of tetrazole rings is 1. The second-order valence-corrected chi connectivity index (χ2v) is 6.20. The van der Waals surface area contributed by atoms with Gasteiger partial charge in [-0.25, -0.2) is 0 Å². The molecule has 27 heavy (non-hydrogen) atoms. The minimum absolute atomic E-state index is 0.144. The number of rotatable bonds is 9. The Labute approximate surface area is 156 Å². The first kappa shape index (κ1) is 18.7. The van der Waals surface area contributed by atoms with Gasteiger partial charge in [0.2, 0.25) is 5.82 Å². The smallest absolute Gasteiger partial charge is 0.304 e. The molecule has 0 aliphatic rings. The van der Waals surface area contributed by atoms with E-state index in [0.717, 1.165) is 16.7 Å². The molecule has 8 nitrogen and oxygen atoms in total. The highest BCUT2D eigenvalue weighted by Gasteiger charge is 2.12. The van der Waals surface area contributed by atoms with E-state index in [1.807, 2.05) is 54.6 Å². The Morgan fingerprint density at radius 1 is 1.07 bits per heavy atom. The average molecular weight is 367 g/mol. The van der Waals surface area contributed by atoms with E-state index < -0.39 is 12.0 Å². The monoisotopic (exact) mass is 367 g/mol. The van der Waals surface area contributed by atoms with Crippen molar-refractivity contribution in [3.63, 3.8) is 0 Å². The maximum atomic E-state index is 10.7. The predicted octanol–water partition coefficient (Wildman–Crippen LogP) is 1.86. The van der Waals surface area contributed by atoms with Crippen LogP contribution in [0.15, 0.2) is 54.6 Å². The van der Waals surface area contributed by atoms with Crippen molar-refractivity contribution < 1.29 is 14.6 Å². The van der Waals surface area contributed by atoms with E-state index >= 15 is 0 Å². The Morgan fingerprint density at radius 3 is 2.41 bits per heavy atom. The minimum atomic E-state index is -0.951. The average Bonchev–Trinajstić information content (AvgIpc) is 3.11. The number of hydrogen-bond acceptors (Lipinski definition) is 6. The summed E-state index contributed by atoms with van der Waals surface area (Å²) in [7, 11) is 0. The SMILES string of the molecule is N[C@H](CC(=O)O)Cn1nnc(-c2ccc(COCc3ccccc3)cc2)n1. The molecule has 0 saturated heterocycles. The molecule has 1 aromatic heterocycles. The van der Waals surface area contributed by atoms with E-state index in [1.54, 1.807) is 0 Å². The molecule has 1 heterocycles. The number of benzene rings is 2. The van der Waals surface area contributed by atoms with E-state index in [2.05, 4.69) is 15.4 Å². The van der Waals surface area contributed by atoms with Gasteiger partial charge in [0.1, 0.15) is 0 Å². The summed E-state index contributed by atoms with van der Waals surface area (Å²) in [5, 5.41) is 20.9. The van der Waals surface area contributed by atoms with Gasteiger partial charge in [0.05, 0.1) is 26.2 Å². The van der Waals surface area contributed by atoms with Crippen LogP contribution in [-0.4, -0.2) is 37.3 Å². The van der Waals surface area contributed by atoms with Gasteiger partial charge in [-0.1, -0.05) is 54.6 Å². The Hall–Kier alpha value is -3.10. The fraction of sp³-hybridized carbons (Fsp3) is 0.263. The summed E-state index contributed by atoms with van der Waals surface area (Å²) in [6.07, 6.45) is -0.144. The molecule has 0 saturated carbocycles. The molecule has 0 fully saturated rings. The maximum Gasteiger partial charge on any atom is 0.304 e. The Balaban J connectivity index is 1.53. The van der Waals surface area contributed by atoms with Crippen LogP contribution >= 0.6 is 0 Å². The lowest BCUT2D eigenvalue weighted by Gasteiger charge is -2.06. The highest BCUT2D eigenvalue weighted by atomic mass is 16.5. The van der Waals surface area contributed by atoms with Gasteiger partial charge >= 0.3 is 5.97 Å². The summed E-state index contributed by atoms with van der Waals surface area (Å²) in [5.41, 5.74) is 8.74. The molecule has 0 unspecified atom stereocenters. The number of carbonyl (C=O) groups is 1. The number of carboxylic acids is 1. The van der Waals surface area contributed by atoms with Gasteiger partial charge in [-0.2, -0.15) is 4.80 Å². The molecular weight excluding hydrogens is 346 g/mol. The number of ether oxygens (including phenoxy) is 1. The van der Waals surface area contributed by atoms with E-state index in [4.69, 9.17) is 15.6 Å². The summed E-state index contributed by atoms with van der Waals surface area (Å²) in [5.74, 6) is -0.484. The third-order valence-electron chi connectivity index (χ3n) is 3.88. The highest BCUT2D eigenvalue weighted by molar-refractivity contribution is 5.67. The fourth-order valence-corrected chi connectivity index (χ4v) is 2.55. The number of aliphatic carboxylic acids is 1. The lowest BCUT2D eigenvalue weighted by molar-refractivity contribution is -0.137. The van der Waals surface area contributed by atoms with Crippen LogP contribution in [0.25, 0.3) is 11.4 Å². The van der Waals surface area contributed by atoms with Crippen molar-refractivity contribution in [2.75, 3.05) is 0 Å². The molecule has 1 atom stereocenters. The summed E-state index contributed by atoms with van der Waals surface area (Å²) in [4.78, 5) is 12.0. The topological polar surface area (TPSA) is 116 Å². The summed E-state index contributed by atoms with van der Waals surface area (Å²) >= 11 is 0. The second-order valence-electron chi connectivity index (χ2n) is 6.20. The molecule has 0 radical (unpaired) electrons. The number of hydrogen-bond donors (Lipinski definition) is 2. The molecule has 3 rings (SSSR count). The molecule has 3 aromatic rings. The molecule has 0 spiro atoms. The van der Waals surface area contributed by atoms with Crippen molar-refractivity contribution in [1.29, 1.82) is 0 Å². The zero-order valence-electron chi connectivity index (χ0n) is 14.7. The lowest BCUT2D eigenvalue weighted by atomic mass is 10.1. The van der Waals surface area contributed by atoms with Gasteiger partial charge in [-0.05, 0) is 16.3 Å². The zero-order chi connectivity index (χ0) is 19.1. The Bertz CT molecular complexity index is 865. The molecule has 0 bridgehead atoms. The standard InChI is InChI=1S/C19H21N5O3/c20-17(10-18(25)26)11-24-22-19(21-23-24)16-8-6-15(7-9-16)13-27-12-14-4-2-1-3-5-14/h1-9,17H,10-13,20H2,(H,25,26)/t17-/m1/s1.